The molecule has 1 unspecified atom stereocenters. The lowest BCUT2D eigenvalue weighted by Crippen LogP contribution is -2.52. The molecule has 2 saturated heterocycles. The first kappa shape index (κ1) is 15.1. The molecule has 0 aromatic rings. The summed E-state index contributed by atoms with van der Waals surface area (Å²) in [5, 5.41) is 3.54. The first-order chi connectivity index (χ1) is 9.03. The second-order valence-electron chi connectivity index (χ2n) is 5.69. The minimum atomic E-state index is -4.06. The molecule has 3 nitrogen and oxygen atoms in total. The van der Waals surface area contributed by atoms with Crippen molar-refractivity contribution >= 4 is 0 Å². The SMILES string of the molecule is FC(F)(F)CN1CCN(CC2CCCCCN2)CC1. The van der Waals surface area contributed by atoms with Gasteiger partial charge in [0.2, 0.25) is 0 Å². The molecule has 112 valence electrons. The molecule has 2 heterocycles. The third-order valence-electron chi connectivity index (χ3n) is 4.01. The Hall–Kier alpha value is -0.330. The molecule has 19 heavy (non-hydrogen) atoms. The molecular weight excluding hydrogens is 255 g/mol. The lowest BCUT2D eigenvalue weighted by Gasteiger charge is -2.36. The molecule has 0 aromatic carbocycles. The van der Waals surface area contributed by atoms with Gasteiger partial charge in [-0.15, -0.1) is 0 Å². The van der Waals surface area contributed by atoms with Gasteiger partial charge in [-0.05, 0) is 19.4 Å². The molecule has 1 N–H and O–H groups in total. The molecule has 0 spiro atoms. The molecule has 0 aliphatic carbocycles. The van der Waals surface area contributed by atoms with Gasteiger partial charge in [0.05, 0.1) is 6.54 Å². The van der Waals surface area contributed by atoms with Crippen molar-refractivity contribution in [2.45, 2.75) is 37.9 Å². The van der Waals surface area contributed by atoms with Crippen LogP contribution in [0.15, 0.2) is 0 Å². The predicted octanol–water partition coefficient (Wildman–Crippen LogP) is 1.70. The van der Waals surface area contributed by atoms with Crippen molar-refractivity contribution in [3.05, 3.63) is 0 Å². The molecule has 0 saturated carbocycles. The normalized spacial score (nSPS) is 28.3. The van der Waals surface area contributed by atoms with Crippen LogP contribution in [-0.4, -0.2) is 67.8 Å². The minimum Gasteiger partial charge on any atom is -0.313 e. The van der Waals surface area contributed by atoms with Crippen molar-refractivity contribution in [1.82, 2.24) is 15.1 Å². The van der Waals surface area contributed by atoms with Crippen molar-refractivity contribution in [1.29, 1.82) is 0 Å². The Morgan fingerprint density at radius 1 is 0.947 bits per heavy atom. The van der Waals surface area contributed by atoms with Crippen molar-refractivity contribution in [2.24, 2.45) is 0 Å². The number of rotatable bonds is 3. The van der Waals surface area contributed by atoms with Crippen LogP contribution in [-0.2, 0) is 0 Å². The molecular formula is C13H24F3N3. The lowest BCUT2D eigenvalue weighted by atomic mass is 10.1. The monoisotopic (exact) mass is 279 g/mol. The zero-order valence-electron chi connectivity index (χ0n) is 11.4. The maximum atomic E-state index is 12.3. The molecule has 0 amide bonds. The van der Waals surface area contributed by atoms with Gasteiger partial charge in [-0.25, -0.2) is 0 Å². The van der Waals surface area contributed by atoms with Crippen LogP contribution in [0.2, 0.25) is 0 Å². The molecule has 0 radical (unpaired) electrons. The lowest BCUT2D eigenvalue weighted by molar-refractivity contribution is -0.149. The zero-order chi connectivity index (χ0) is 13.7. The molecule has 0 bridgehead atoms. The smallest absolute Gasteiger partial charge is 0.313 e. The highest BCUT2D eigenvalue weighted by atomic mass is 19.4. The Balaban J connectivity index is 1.68. The molecule has 1 atom stereocenters. The van der Waals surface area contributed by atoms with Crippen molar-refractivity contribution < 1.29 is 13.2 Å². The Kier molecular flexibility index (Phi) is 5.47. The van der Waals surface area contributed by atoms with Gasteiger partial charge in [-0.3, -0.25) is 9.80 Å². The van der Waals surface area contributed by atoms with E-state index in [0.29, 0.717) is 19.1 Å². The topological polar surface area (TPSA) is 18.5 Å². The van der Waals surface area contributed by atoms with Crippen LogP contribution in [0.3, 0.4) is 0 Å². The summed E-state index contributed by atoms with van der Waals surface area (Å²) in [7, 11) is 0. The average Bonchev–Trinajstić information content (AvgIpc) is 2.58. The fraction of sp³-hybridized carbons (Fsp3) is 1.00. The van der Waals surface area contributed by atoms with Gasteiger partial charge in [0.15, 0.2) is 0 Å². The molecule has 6 heteroatoms. The molecule has 0 aromatic heterocycles. The fourth-order valence-corrected chi connectivity index (χ4v) is 2.95. The summed E-state index contributed by atoms with van der Waals surface area (Å²) < 4.78 is 36.9. The van der Waals surface area contributed by atoms with Crippen LogP contribution in [0, 0.1) is 0 Å². The summed E-state index contributed by atoms with van der Waals surface area (Å²) in [5.41, 5.74) is 0. The number of alkyl halides is 3. The second kappa shape index (κ2) is 6.90. The maximum absolute atomic E-state index is 12.3. The number of nitrogens with zero attached hydrogens (tertiary/aromatic N) is 2. The largest absolute Gasteiger partial charge is 0.401 e. The predicted molar refractivity (Wildman–Crippen MR) is 69.2 cm³/mol. The van der Waals surface area contributed by atoms with Crippen LogP contribution in [0.4, 0.5) is 13.2 Å². The summed E-state index contributed by atoms with van der Waals surface area (Å²) in [6, 6.07) is 0.525. The van der Waals surface area contributed by atoms with Crippen molar-refractivity contribution in [3.63, 3.8) is 0 Å². The van der Waals surface area contributed by atoms with E-state index < -0.39 is 12.7 Å². The van der Waals surface area contributed by atoms with Gasteiger partial charge in [0, 0.05) is 38.8 Å². The molecule has 2 rings (SSSR count). The van der Waals surface area contributed by atoms with Crippen LogP contribution < -0.4 is 5.32 Å². The van der Waals surface area contributed by atoms with E-state index in [9.17, 15) is 13.2 Å². The van der Waals surface area contributed by atoms with Gasteiger partial charge < -0.3 is 5.32 Å². The molecule has 2 aliphatic rings. The quantitative estimate of drug-likeness (QED) is 0.848. The van der Waals surface area contributed by atoms with Crippen LogP contribution >= 0.6 is 0 Å². The van der Waals surface area contributed by atoms with Crippen LogP contribution in [0.25, 0.3) is 0 Å². The Morgan fingerprint density at radius 3 is 2.32 bits per heavy atom. The number of piperazine rings is 1. The second-order valence-corrected chi connectivity index (χ2v) is 5.69. The van der Waals surface area contributed by atoms with Crippen molar-refractivity contribution in [3.8, 4) is 0 Å². The van der Waals surface area contributed by atoms with Crippen LogP contribution in [0.1, 0.15) is 25.7 Å². The van der Waals surface area contributed by atoms with E-state index in [4.69, 9.17) is 0 Å². The summed E-state index contributed by atoms with van der Waals surface area (Å²) in [5.74, 6) is 0. The van der Waals surface area contributed by atoms with E-state index >= 15 is 0 Å². The van der Waals surface area contributed by atoms with E-state index in [-0.39, 0.29) is 0 Å². The summed E-state index contributed by atoms with van der Waals surface area (Å²) in [6.07, 6.45) is 0.943. The Bertz CT molecular complexity index is 254. The zero-order valence-corrected chi connectivity index (χ0v) is 11.4. The number of nitrogens with one attached hydrogen (secondary N) is 1. The third-order valence-corrected chi connectivity index (χ3v) is 4.01. The Labute approximate surface area is 113 Å². The number of hydrogen-bond donors (Lipinski definition) is 1. The summed E-state index contributed by atoms with van der Waals surface area (Å²) in [6.45, 7) is 3.89. The minimum absolute atomic E-state index is 0.525. The van der Waals surface area contributed by atoms with E-state index in [1.165, 1.54) is 30.6 Å². The number of halogens is 3. The highest BCUT2D eigenvalue weighted by molar-refractivity contribution is 4.79. The standard InChI is InChI=1S/C13H24F3N3/c14-13(15,16)11-19-8-6-18(7-9-19)10-12-4-2-1-3-5-17-12/h12,17H,1-11H2. The van der Waals surface area contributed by atoms with Crippen LogP contribution in [0.5, 0.6) is 0 Å². The van der Waals surface area contributed by atoms with Gasteiger partial charge in [0.1, 0.15) is 0 Å². The van der Waals surface area contributed by atoms with E-state index in [2.05, 4.69) is 10.2 Å². The molecule has 2 fully saturated rings. The summed E-state index contributed by atoms with van der Waals surface area (Å²) in [4.78, 5) is 3.81. The number of hydrogen-bond acceptors (Lipinski definition) is 3. The first-order valence-corrected chi connectivity index (χ1v) is 7.28. The van der Waals surface area contributed by atoms with E-state index in [0.717, 1.165) is 26.2 Å². The average molecular weight is 279 g/mol. The third kappa shape index (κ3) is 5.67. The van der Waals surface area contributed by atoms with Gasteiger partial charge in [-0.1, -0.05) is 12.8 Å². The fourth-order valence-electron chi connectivity index (χ4n) is 2.95. The van der Waals surface area contributed by atoms with E-state index in [1.54, 1.807) is 0 Å². The van der Waals surface area contributed by atoms with Crippen molar-refractivity contribution in [2.75, 3.05) is 45.8 Å². The van der Waals surface area contributed by atoms with Gasteiger partial charge in [-0.2, -0.15) is 13.2 Å². The first-order valence-electron chi connectivity index (χ1n) is 7.28. The van der Waals surface area contributed by atoms with E-state index in [1.807, 2.05) is 0 Å². The van der Waals surface area contributed by atoms with Gasteiger partial charge >= 0.3 is 6.18 Å². The highest BCUT2D eigenvalue weighted by Gasteiger charge is 2.32. The maximum Gasteiger partial charge on any atom is 0.401 e. The van der Waals surface area contributed by atoms with Gasteiger partial charge in [0.25, 0.3) is 0 Å². The highest BCUT2D eigenvalue weighted by Crippen LogP contribution is 2.18. The summed E-state index contributed by atoms with van der Waals surface area (Å²) >= 11 is 0. The molecule has 2 aliphatic heterocycles. The Morgan fingerprint density at radius 2 is 1.63 bits per heavy atom.